The number of carbonyl (C=O) groups excluding carboxylic acids is 1. The van der Waals surface area contributed by atoms with Crippen LogP contribution in [0, 0.1) is 0 Å². The first kappa shape index (κ1) is 19.6. The molecule has 3 N–H and O–H groups in total. The van der Waals surface area contributed by atoms with Crippen molar-refractivity contribution in [2.24, 2.45) is 7.05 Å². The Kier molecular flexibility index (Phi) is 4.52. The van der Waals surface area contributed by atoms with Crippen LogP contribution in [0.3, 0.4) is 0 Å². The van der Waals surface area contributed by atoms with E-state index >= 15 is 0 Å². The number of furan rings is 1. The van der Waals surface area contributed by atoms with Gasteiger partial charge in [0.05, 0.1) is 17.3 Å². The number of benzene rings is 2. The first-order chi connectivity index (χ1) is 15.4. The molecule has 1 amide bonds. The number of carbonyl (C=O) groups is 1. The number of nitrogen functional groups attached to an aromatic ring is 1. The SMILES string of the molecule is C=C(C)C(=O)Nc1ccc(-c2c(-c3ccc4occc4c3)c3c(N)ncnc3n2C)cc1. The average Bonchev–Trinajstić information content (AvgIpc) is 3.37. The summed E-state index contributed by atoms with van der Waals surface area (Å²) in [7, 11) is 1.96. The van der Waals surface area contributed by atoms with Crippen molar-refractivity contribution >= 4 is 39.4 Å². The van der Waals surface area contributed by atoms with Gasteiger partial charge in [-0.1, -0.05) is 24.8 Å². The number of anilines is 2. The third kappa shape index (κ3) is 3.11. The van der Waals surface area contributed by atoms with Gasteiger partial charge in [-0.3, -0.25) is 4.79 Å². The van der Waals surface area contributed by atoms with E-state index in [2.05, 4.69) is 27.9 Å². The molecule has 0 unspecified atom stereocenters. The fraction of sp³-hybridized carbons (Fsp3) is 0.0800. The Balaban J connectivity index is 1.72. The highest BCUT2D eigenvalue weighted by atomic mass is 16.3. The van der Waals surface area contributed by atoms with E-state index in [4.69, 9.17) is 10.2 Å². The van der Waals surface area contributed by atoms with E-state index in [1.54, 1.807) is 13.2 Å². The van der Waals surface area contributed by atoms with Crippen LogP contribution < -0.4 is 11.1 Å². The molecule has 0 aliphatic heterocycles. The summed E-state index contributed by atoms with van der Waals surface area (Å²) in [6.07, 6.45) is 3.15. The zero-order valence-corrected chi connectivity index (χ0v) is 17.7. The molecular weight excluding hydrogens is 402 g/mol. The summed E-state index contributed by atoms with van der Waals surface area (Å²) in [5.41, 5.74) is 12.9. The molecule has 5 aromatic rings. The summed E-state index contributed by atoms with van der Waals surface area (Å²) in [4.78, 5) is 20.7. The molecule has 0 atom stereocenters. The summed E-state index contributed by atoms with van der Waals surface area (Å²) in [5, 5.41) is 4.63. The van der Waals surface area contributed by atoms with Crippen LogP contribution in [0.15, 0.2) is 77.7 Å². The van der Waals surface area contributed by atoms with Crippen molar-refractivity contribution in [1.82, 2.24) is 14.5 Å². The number of fused-ring (bicyclic) bond motifs is 2. The lowest BCUT2D eigenvalue weighted by Gasteiger charge is -2.11. The van der Waals surface area contributed by atoms with Gasteiger partial charge in [-0.15, -0.1) is 0 Å². The minimum absolute atomic E-state index is 0.209. The van der Waals surface area contributed by atoms with E-state index in [1.807, 2.05) is 54.1 Å². The predicted molar refractivity (Wildman–Crippen MR) is 127 cm³/mol. The number of hydrogen-bond acceptors (Lipinski definition) is 5. The third-order valence-corrected chi connectivity index (χ3v) is 5.54. The van der Waals surface area contributed by atoms with Crippen LogP contribution >= 0.6 is 0 Å². The molecular formula is C25H21N5O2. The Bertz CT molecular complexity index is 1510. The minimum Gasteiger partial charge on any atom is -0.464 e. The van der Waals surface area contributed by atoms with Crippen molar-refractivity contribution in [3.8, 4) is 22.4 Å². The highest BCUT2D eigenvalue weighted by Gasteiger charge is 2.22. The van der Waals surface area contributed by atoms with Gasteiger partial charge in [0.1, 0.15) is 23.4 Å². The number of nitrogens with zero attached hydrogens (tertiary/aromatic N) is 3. The van der Waals surface area contributed by atoms with E-state index in [1.165, 1.54) is 6.33 Å². The van der Waals surface area contributed by atoms with E-state index in [9.17, 15) is 4.79 Å². The summed E-state index contributed by atoms with van der Waals surface area (Å²) in [5.74, 6) is 0.212. The van der Waals surface area contributed by atoms with Gasteiger partial charge in [0.2, 0.25) is 0 Å². The van der Waals surface area contributed by atoms with E-state index < -0.39 is 0 Å². The fourth-order valence-electron chi connectivity index (χ4n) is 3.97. The molecule has 32 heavy (non-hydrogen) atoms. The maximum atomic E-state index is 11.9. The maximum Gasteiger partial charge on any atom is 0.250 e. The highest BCUT2D eigenvalue weighted by molar-refractivity contribution is 6.09. The molecule has 7 heteroatoms. The third-order valence-electron chi connectivity index (χ3n) is 5.54. The Hall–Kier alpha value is -4.39. The van der Waals surface area contributed by atoms with Crippen LogP contribution in [0.4, 0.5) is 11.5 Å². The number of aryl methyl sites for hydroxylation is 1. The smallest absolute Gasteiger partial charge is 0.250 e. The van der Waals surface area contributed by atoms with Crippen molar-refractivity contribution in [1.29, 1.82) is 0 Å². The van der Waals surface area contributed by atoms with Crippen LogP contribution in [0.2, 0.25) is 0 Å². The second-order valence-corrected chi connectivity index (χ2v) is 7.73. The Morgan fingerprint density at radius 3 is 2.59 bits per heavy atom. The molecule has 0 radical (unpaired) electrons. The highest BCUT2D eigenvalue weighted by Crippen LogP contribution is 2.42. The summed E-state index contributed by atoms with van der Waals surface area (Å²) >= 11 is 0. The molecule has 0 bridgehead atoms. The van der Waals surface area contributed by atoms with Crippen molar-refractivity contribution in [3.63, 3.8) is 0 Å². The van der Waals surface area contributed by atoms with Crippen LogP contribution in [0.1, 0.15) is 6.92 Å². The van der Waals surface area contributed by atoms with Crippen molar-refractivity contribution in [3.05, 3.63) is 73.3 Å². The van der Waals surface area contributed by atoms with Crippen LogP contribution in [0.25, 0.3) is 44.4 Å². The quantitative estimate of drug-likeness (QED) is 0.390. The number of rotatable bonds is 4. The van der Waals surface area contributed by atoms with Crippen LogP contribution in [-0.4, -0.2) is 20.4 Å². The number of aromatic nitrogens is 3. The number of nitrogens with two attached hydrogens (primary N) is 1. The first-order valence-electron chi connectivity index (χ1n) is 10.1. The van der Waals surface area contributed by atoms with Gasteiger partial charge < -0.3 is 20.0 Å². The normalized spacial score (nSPS) is 11.2. The molecule has 0 aliphatic rings. The lowest BCUT2D eigenvalue weighted by Crippen LogP contribution is -2.11. The number of amides is 1. The zero-order chi connectivity index (χ0) is 22.4. The predicted octanol–water partition coefficient (Wildman–Crippen LogP) is 5.15. The average molecular weight is 423 g/mol. The largest absolute Gasteiger partial charge is 0.464 e. The lowest BCUT2D eigenvalue weighted by atomic mass is 9.98. The van der Waals surface area contributed by atoms with E-state index in [-0.39, 0.29) is 5.91 Å². The Labute approximate surface area is 184 Å². The molecule has 0 spiro atoms. The molecule has 3 heterocycles. The summed E-state index contributed by atoms with van der Waals surface area (Å²) < 4.78 is 7.52. The van der Waals surface area contributed by atoms with Crippen LogP contribution in [0.5, 0.6) is 0 Å². The lowest BCUT2D eigenvalue weighted by molar-refractivity contribution is -0.112. The van der Waals surface area contributed by atoms with Gasteiger partial charge in [0.15, 0.2) is 0 Å². The Morgan fingerprint density at radius 1 is 1.09 bits per heavy atom. The molecule has 0 saturated carbocycles. The molecule has 7 nitrogen and oxygen atoms in total. The topological polar surface area (TPSA) is 99.0 Å². The van der Waals surface area contributed by atoms with Gasteiger partial charge >= 0.3 is 0 Å². The maximum absolute atomic E-state index is 11.9. The fourth-order valence-corrected chi connectivity index (χ4v) is 3.97. The first-order valence-corrected chi connectivity index (χ1v) is 10.1. The van der Waals surface area contributed by atoms with Gasteiger partial charge in [-0.25, -0.2) is 9.97 Å². The minimum atomic E-state index is -0.209. The van der Waals surface area contributed by atoms with Gasteiger partial charge in [-0.05, 0) is 48.4 Å². The van der Waals surface area contributed by atoms with Crippen LogP contribution in [-0.2, 0) is 11.8 Å². The molecule has 2 aromatic carbocycles. The summed E-state index contributed by atoms with van der Waals surface area (Å²) in [6, 6.07) is 15.6. The van der Waals surface area contributed by atoms with E-state index in [0.717, 1.165) is 44.4 Å². The Morgan fingerprint density at radius 2 is 1.84 bits per heavy atom. The van der Waals surface area contributed by atoms with Crippen molar-refractivity contribution in [2.45, 2.75) is 6.92 Å². The standard InChI is InChI=1S/C25H21N5O2/c1-14(2)25(31)29-18-7-4-15(5-8-18)22-20(17-6-9-19-16(12-17)10-11-32-19)21-23(26)27-13-28-24(21)30(22)3/h4-13H,1H2,2-3H3,(H,29,31)(H2,26,27,28). The number of hydrogen-bond donors (Lipinski definition) is 2. The van der Waals surface area contributed by atoms with E-state index in [0.29, 0.717) is 17.1 Å². The molecule has 0 saturated heterocycles. The molecule has 0 fully saturated rings. The van der Waals surface area contributed by atoms with Gasteiger partial charge in [0, 0.05) is 29.3 Å². The second kappa shape index (κ2) is 7.39. The van der Waals surface area contributed by atoms with Crippen molar-refractivity contribution < 1.29 is 9.21 Å². The van der Waals surface area contributed by atoms with Gasteiger partial charge in [0.25, 0.3) is 5.91 Å². The molecule has 158 valence electrons. The molecule has 0 aliphatic carbocycles. The molecule has 3 aromatic heterocycles. The van der Waals surface area contributed by atoms with Gasteiger partial charge in [-0.2, -0.15) is 0 Å². The van der Waals surface area contributed by atoms with Crippen molar-refractivity contribution in [2.75, 3.05) is 11.1 Å². The summed E-state index contributed by atoms with van der Waals surface area (Å²) in [6.45, 7) is 5.35. The molecule has 5 rings (SSSR count). The number of nitrogens with one attached hydrogen (secondary N) is 1. The monoisotopic (exact) mass is 423 g/mol. The second-order valence-electron chi connectivity index (χ2n) is 7.73. The zero-order valence-electron chi connectivity index (χ0n) is 17.7.